The van der Waals surface area contributed by atoms with Gasteiger partial charge >= 0.3 is 6.09 Å². The van der Waals surface area contributed by atoms with Crippen LogP contribution in [-0.4, -0.2) is 45.7 Å². The Hall–Kier alpha value is -4.41. The standard InChI is InChI=1S/C25H29N7O4/c1-15(2)32-13-17(11-19(23(32)34)16-7-4-3-5-8-16)29-22-20(21(26)33)12-28-25(30-22)31-10-6-9-18(14-31)36-24(27)35/h3-5,7-8,11-13,15,18H,6,9-10,14H2,1-2H3,(H2,26,33)(H2,27,35)(H,28,29,30)/t18-/m0/s1. The molecule has 2 amide bonds. The number of carbonyl (C=O) groups excluding carboxylic acids is 2. The van der Waals surface area contributed by atoms with Crippen molar-refractivity contribution in [2.45, 2.75) is 38.8 Å². The number of benzene rings is 1. The van der Waals surface area contributed by atoms with E-state index < -0.39 is 12.0 Å². The van der Waals surface area contributed by atoms with E-state index in [0.29, 0.717) is 36.7 Å². The third-order valence-electron chi connectivity index (χ3n) is 5.93. The quantitative estimate of drug-likeness (QED) is 0.455. The van der Waals surface area contributed by atoms with Crippen LogP contribution >= 0.6 is 0 Å². The number of aromatic nitrogens is 3. The lowest BCUT2D eigenvalue weighted by molar-refractivity contribution is 0.0959. The lowest BCUT2D eigenvalue weighted by atomic mass is 10.1. The Balaban J connectivity index is 1.72. The van der Waals surface area contributed by atoms with E-state index in [9.17, 15) is 14.4 Å². The normalized spacial score (nSPS) is 15.5. The molecule has 3 heterocycles. The van der Waals surface area contributed by atoms with Crippen LogP contribution in [0.1, 0.15) is 43.1 Å². The van der Waals surface area contributed by atoms with Crippen molar-refractivity contribution in [3.05, 3.63) is 64.7 Å². The Bertz CT molecular complexity index is 1320. The molecule has 1 saturated heterocycles. The summed E-state index contributed by atoms with van der Waals surface area (Å²) in [5, 5.41) is 3.17. The molecule has 0 bridgehead atoms. The zero-order valence-corrected chi connectivity index (χ0v) is 20.2. The number of primary amides is 2. The van der Waals surface area contributed by atoms with Gasteiger partial charge in [-0.05, 0) is 38.3 Å². The average molecular weight is 492 g/mol. The minimum atomic E-state index is -0.830. The van der Waals surface area contributed by atoms with Gasteiger partial charge in [-0.2, -0.15) is 4.98 Å². The molecule has 0 aliphatic carbocycles. The molecule has 0 unspecified atom stereocenters. The van der Waals surface area contributed by atoms with Gasteiger partial charge in [-0.3, -0.25) is 9.59 Å². The number of nitrogens with one attached hydrogen (secondary N) is 1. The molecular formula is C25H29N7O4. The minimum absolute atomic E-state index is 0.101. The van der Waals surface area contributed by atoms with Crippen molar-refractivity contribution >= 4 is 29.5 Å². The van der Waals surface area contributed by atoms with Crippen LogP contribution in [0.2, 0.25) is 0 Å². The van der Waals surface area contributed by atoms with E-state index >= 15 is 0 Å². The first-order chi connectivity index (χ1) is 17.2. The van der Waals surface area contributed by atoms with E-state index in [1.807, 2.05) is 49.1 Å². The van der Waals surface area contributed by atoms with Gasteiger partial charge in [-0.15, -0.1) is 0 Å². The van der Waals surface area contributed by atoms with Crippen molar-refractivity contribution in [3.8, 4) is 11.1 Å². The predicted molar refractivity (Wildman–Crippen MR) is 136 cm³/mol. The van der Waals surface area contributed by atoms with Gasteiger partial charge in [0, 0.05) is 30.5 Å². The molecular weight excluding hydrogens is 462 g/mol. The zero-order valence-electron chi connectivity index (χ0n) is 20.2. The SMILES string of the molecule is CC(C)n1cc(Nc2nc(N3CCC[C@H](OC(N)=O)C3)ncc2C(N)=O)cc(-c2ccccc2)c1=O. The summed E-state index contributed by atoms with van der Waals surface area (Å²) in [4.78, 5) is 47.2. The minimum Gasteiger partial charge on any atom is -0.445 e. The highest BCUT2D eigenvalue weighted by atomic mass is 16.6. The summed E-state index contributed by atoms with van der Waals surface area (Å²) in [6.07, 6.45) is 3.27. The van der Waals surface area contributed by atoms with Gasteiger partial charge in [0.2, 0.25) is 5.95 Å². The number of carbonyl (C=O) groups is 2. The molecule has 1 aromatic carbocycles. The maximum absolute atomic E-state index is 13.1. The Morgan fingerprint density at radius 1 is 1.19 bits per heavy atom. The van der Waals surface area contributed by atoms with Gasteiger partial charge in [-0.1, -0.05) is 30.3 Å². The van der Waals surface area contributed by atoms with Crippen LogP contribution in [0.15, 0.2) is 53.6 Å². The lowest BCUT2D eigenvalue weighted by Crippen LogP contribution is -2.42. The molecule has 1 atom stereocenters. The van der Waals surface area contributed by atoms with E-state index in [1.54, 1.807) is 16.8 Å². The first kappa shape index (κ1) is 24.7. The van der Waals surface area contributed by atoms with E-state index in [-0.39, 0.29) is 29.1 Å². The van der Waals surface area contributed by atoms with Gasteiger partial charge in [-0.25, -0.2) is 9.78 Å². The van der Waals surface area contributed by atoms with Crippen molar-refractivity contribution in [2.24, 2.45) is 11.5 Å². The highest BCUT2D eigenvalue weighted by molar-refractivity contribution is 5.98. The number of nitrogens with zero attached hydrogens (tertiary/aromatic N) is 4. The van der Waals surface area contributed by atoms with Crippen LogP contribution in [0.3, 0.4) is 0 Å². The summed E-state index contributed by atoms with van der Waals surface area (Å²) >= 11 is 0. The molecule has 0 spiro atoms. The third-order valence-corrected chi connectivity index (χ3v) is 5.93. The van der Waals surface area contributed by atoms with E-state index in [4.69, 9.17) is 16.2 Å². The maximum atomic E-state index is 13.1. The molecule has 36 heavy (non-hydrogen) atoms. The van der Waals surface area contributed by atoms with Crippen LogP contribution in [0, 0.1) is 0 Å². The number of hydrogen-bond donors (Lipinski definition) is 3. The van der Waals surface area contributed by atoms with Crippen molar-refractivity contribution in [1.29, 1.82) is 0 Å². The molecule has 3 aromatic rings. The van der Waals surface area contributed by atoms with Gasteiger partial charge in [0.15, 0.2) is 0 Å². The van der Waals surface area contributed by atoms with Gasteiger partial charge in [0.05, 0.1) is 12.2 Å². The highest BCUT2D eigenvalue weighted by Gasteiger charge is 2.25. The van der Waals surface area contributed by atoms with E-state index in [1.165, 1.54) is 6.20 Å². The van der Waals surface area contributed by atoms with Gasteiger partial charge in [0.25, 0.3) is 11.5 Å². The summed E-state index contributed by atoms with van der Waals surface area (Å²) in [6.45, 7) is 4.84. The molecule has 1 aliphatic heterocycles. The number of rotatable bonds is 7. The monoisotopic (exact) mass is 491 g/mol. The number of hydrogen-bond acceptors (Lipinski definition) is 8. The fourth-order valence-electron chi connectivity index (χ4n) is 4.20. The largest absolute Gasteiger partial charge is 0.445 e. The molecule has 188 valence electrons. The fraction of sp³-hybridized carbons (Fsp3) is 0.320. The first-order valence-corrected chi connectivity index (χ1v) is 11.7. The number of amides is 2. The second-order valence-corrected chi connectivity index (χ2v) is 8.88. The van der Waals surface area contributed by atoms with Gasteiger partial charge < -0.3 is 31.0 Å². The van der Waals surface area contributed by atoms with Gasteiger partial charge in [0.1, 0.15) is 17.5 Å². The molecule has 0 saturated carbocycles. The summed E-state index contributed by atoms with van der Waals surface area (Å²) in [7, 11) is 0. The molecule has 1 fully saturated rings. The molecule has 1 aliphatic rings. The number of anilines is 3. The average Bonchev–Trinajstić information content (AvgIpc) is 2.85. The van der Waals surface area contributed by atoms with Crippen LogP contribution in [0.4, 0.5) is 22.2 Å². The number of piperidine rings is 1. The summed E-state index contributed by atoms with van der Waals surface area (Å²) in [6, 6.07) is 11.0. The Morgan fingerprint density at radius 3 is 2.61 bits per heavy atom. The Labute approximate surface area is 208 Å². The molecule has 0 radical (unpaired) electrons. The molecule has 5 N–H and O–H groups in total. The van der Waals surface area contributed by atoms with Crippen molar-refractivity contribution in [1.82, 2.24) is 14.5 Å². The van der Waals surface area contributed by atoms with E-state index in [0.717, 1.165) is 12.0 Å². The third kappa shape index (κ3) is 5.45. The summed E-state index contributed by atoms with van der Waals surface area (Å²) in [5.74, 6) is -0.141. The molecule has 11 nitrogen and oxygen atoms in total. The number of ether oxygens (including phenoxy) is 1. The topological polar surface area (TPSA) is 158 Å². The van der Waals surface area contributed by atoms with Crippen LogP contribution in [-0.2, 0) is 4.74 Å². The highest BCUT2D eigenvalue weighted by Crippen LogP contribution is 2.26. The Morgan fingerprint density at radius 2 is 1.94 bits per heavy atom. The Kier molecular flexibility index (Phi) is 7.18. The molecule has 2 aromatic heterocycles. The smallest absolute Gasteiger partial charge is 0.404 e. The van der Waals surface area contributed by atoms with Crippen molar-refractivity contribution < 1.29 is 14.3 Å². The van der Waals surface area contributed by atoms with Crippen LogP contribution in [0.5, 0.6) is 0 Å². The zero-order chi connectivity index (χ0) is 25.8. The molecule has 4 rings (SSSR count). The molecule has 11 heteroatoms. The van der Waals surface area contributed by atoms with E-state index in [2.05, 4.69) is 15.3 Å². The first-order valence-electron chi connectivity index (χ1n) is 11.7. The second kappa shape index (κ2) is 10.5. The number of pyridine rings is 1. The second-order valence-electron chi connectivity index (χ2n) is 8.88. The maximum Gasteiger partial charge on any atom is 0.404 e. The summed E-state index contributed by atoms with van der Waals surface area (Å²) in [5.41, 5.74) is 12.6. The van der Waals surface area contributed by atoms with Crippen molar-refractivity contribution in [2.75, 3.05) is 23.3 Å². The van der Waals surface area contributed by atoms with Crippen LogP contribution in [0.25, 0.3) is 11.1 Å². The van der Waals surface area contributed by atoms with Crippen LogP contribution < -0.4 is 27.2 Å². The fourth-order valence-corrected chi connectivity index (χ4v) is 4.20. The lowest BCUT2D eigenvalue weighted by Gasteiger charge is -2.32. The summed E-state index contributed by atoms with van der Waals surface area (Å²) < 4.78 is 6.77. The predicted octanol–water partition coefficient (Wildman–Crippen LogP) is 2.79. The van der Waals surface area contributed by atoms with Crippen molar-refractivity contribution in [3.63, 3.8) is 0 Å². The number of nitrogens with two attached hydrogens (primary N) is 2.